The van der Waals surface area contributed by atoms with E-state index in [0.717, 1.165) is 23.3 Å². The molecular weight excluding hydrogens is 212 g/mol. The van der Waals surface area contributed by atoms with E-state index in [1.165, 1.54) is 0 Å². The number of alkyl halides is 1. The maximum atomic E-state index is 5.69. The molecule has 0 saturated heterocycles. The minimum Gasteiger partial charge on any atom is -0.441 e. The Kier molecular flexibility index (Phi) is 2.82. The fraction of sp³-hybridized carbons (Fsp3) is 0.364. The van der Waals surface area contributed by atoms with E-state index >= 15 is 0 Å². The molecule has 0 bridgehead atoms. The van der Waals surface area contributed by atoms with Gasteiger partial charge in [0.1, 0.15) is 5.52 Å². The van der Waals surface area contributed by atoms with Crippen molar-refractivity contribution in [1.29, 1.82) is 0 Å². The highest BCUT2D eigenvalue weighted by molar-refractivity contribution is 6.18. The predicted molar refractivity (Wildman–Crippen MR) is 62.7 cm³/mol. The molecular formula is C11H13ClN2O. The average molecular weight is 225 g/mol. The molecule has 2 aromatic rings. The number of hydrogen-bond donors (Lipinski definition) is 0. The lowest BCUT2D eigenvalue weighted by Gasteiger charge is -2.17. The maximum Gasteiger partial charge on any atom is 0.192 e. The van der Waals surface area contributed by atoms with E-state index in [2.05, 4.69) is 9.88 Å². The first-order valence-electron chi connectivity index (χ1n) is 4.85. The third kappa shape index (κ3) is 2.07. The van der Waals surface area contributed by atoms with Gasteiger partial charge in [-0.3, -0.25) is 0 Å². The monoisotopic (exact) mass is 224 g/mol. The number of rotatable bonds is 3. The molecule has 80 valence electrons. The molecule has 0 spiro atoms. The van der Waals surface area contributed by atoms with Crippen LogP contribution in [0, 0.1) is 6.92 Å². The van der Waals surface area contributed by atoms with Gasteiger partial charge >= 0.3 is 0 Å². The summed E-state index contributed by atoms with van der Waals surface area (Å²) < 4.78 is 5.41. The SMILES string of the molecule is Cc1nc2cc(N(C)CCCl)ccc2o1. The van der Waals surface area contributed by atoms with Gasteiger partial charge in [0.2, 0.25) is 0 Å². The highest BCUT2D eigenvalue weighted by Crippen LogP contribution is 2.21. The van der Waals surface area contributed by atoms with Gasteiger partial charge in [-0.05, 0) is 18.2 Å². The molecule has 1 aromatic heterocycles. The Labute approximate surface area is 93.6 Å². The molecule has 0 fully saturated rings. The second-order valence-corrected chi connectivity index (χ2v) is 3.87. The molecule has 1 aromatic carbocycles. The molecule has 4 heteroatoms. The summed E-state index contributed by atoms with van der Waals surface area (Å²) in [6, 6.07) is 5.97. The molecule has 2 rings (SSSR count). The van der Waals surface area contributed by atoms with Gasteiger partial charge in [0.15, 0.2) is 11.5 Å². The summed E-state index contributed by atoms with van der Waals surface area (Å²) in [6.07, 6.45) is 0. The second-order valence-electron chi connectivity index (χ2n) is 3.50. The van der Waals surface area contributed by atoms with Crippen LogP contribution in [0.2, 0.25) is 0 Å². The lowest BCUT2D eigenvalue weighted by atomic mass is 10.2. The number of aromatic nitrogens is 1. The molecule has 0 unspecified atom stereocenters. The molecule has 1 heterocycles. The van der Waals surface area contributed by atoms with E-state index in [4.69, 9.17) is 16.0 Å². The van der Waals surface area contributed by atoms with Crippen molar-refractivity contribution in [3.05, 3.63) is 24.1 Å². The van der Waals surface area contributed by atoms with E-state index < -0.39 is 0 Å². The van der Waals surface area contributed by atoms with E-state index in [9.17, 15) is 0 Å². The zero-order chi connectivity index (χ0) is 10.8. The molecule has 3 nitrogen and oxygen atoms in total. The number of fused-ring (bicyclic) bond motifs is 1. The topological polar surface area (TPSA) is 29.3 Å². The Morgan fingerprint density at radius 2 is 2.27 bits per heavy atom. The van der Waals surface area contributed by atoms with Crippen LogP contribution in [-0.2, 0) is 0 Å². The lowest BCUT2D eigenvalue weighted by molar-refractivity contribution is 0.561. The van der Waals surface area contributed by atoms with Crippen molar-refractivity contribution in [2.75, 3.05) is 24.4 Å². The minimum atomic E-state index is 0.617. The minimum absolute atomic E-state index is 0.617. The van der Waals surface area contributed by atoms with Gasteiger partial charge in [-0.25, -0.2) is 4.98 Å². The van der Waals surface area contributed by atoms with Gasteiger partial charge in [0, 0.05) is 32.1 Å². The standard InChI is InChI=1S/C11H13ClN2O/c1-8-13-10-7-9(14(2)6-5-12)3-4-11(10)15-8/h3-4,7H,5-6H2,1-2H3. The van der Waals surface area contributed by atoms with E-state index in [1.807, 2.05) is 32.2 Å². The van der Waals surface area contributed by atoms with E-state index in [0.29, 0.717) is 11.8 Å². The maximum absolute atomic E-state index is 5.69. The molecule has 0 atom stereocenters. The summed E-state index contributed by atoms with van der Waals surface area (Å²) in [5, 5.41) is 0. The van der Waals surface area contributed by atoms with Crippen LogP contribution in [0.15, 0.2) is 22.6 Å². The second kappa shape index (κ2) is 4.11. The average Bonchev–Trinajstić information content (AvgIpc) is 2.57. The first kappa shape index (κ1) is 10.3. The fourth-order valence-electron chi connectivity index (χ4n) is 1.52. The molecule has 0 aliphatic heterocycles. The summed E-state index contributed by atoms with van der Waals surface area (Å²) in [5.74, 6) is 1.31. The normalized spacial score (nSPS) is 10.9. The molecule has 0 aliphatic carbocycles. The Bertz CT molecular complexity index is 467. The zero-order valence-electron chi connectivity index (χ0n) is 8.83. The first-order chi connectivity index (χ1) is 7.20. The zero-order valence-corrected chi connectivity index (χ0v) is 9.58. The van der Waals surface area contributed by atoms with Crippen LogP contribution in [0.25, 0.3) is 11.1 Å². The van der Waals surface area contributed by atoms with Crippen LogP contribution in [0.1, 0.15) is 5.89 Å². The highest BCUT2D eigenvalue weighted by atomic mass is 35.5. The van der Waals surface area contributed by atoms with Gasteiger partial charge in [0.05, 0.1) is 0 Å². The number of hydrogen-bond acceptors (Lipinski definition) is 3. The summed E-state index contributed by atoms with van der Waals surface area (Å²) >= 11 is 5.69. The van der Waals surface area contributed by atoms with Crippen molar-refractivity contribution < 1.29 is 4.42 Å². The van der Waals surface area contributed by atoms with Gasteiger partial charge in [0.25, 0.3) is 0 Å². The van der Waals surface area contributed by atoms with Crippen molar-refractivity contribution in [3.63, 3.8) is 0 Å². The van der Waals surface area contributed by atoms with Crippen molar-refractivity contribution >= 4 is 28.4 Å². The van der Waals surface area contributed by atoms with Gasteiger partial charge < -0.3 is 9.32 Å². The van der Waals surface area contributed by atoms with E-state index in [1.54, 1.807) is 0 Å². The van der Waals surface area contributed by atoms with Crippen molar-refractivity contribution in [2.24, 2.45) is 0 Å². The summed E-state index contributed by atoms with van der Waals surface area (Å²) in [6.45, 7) is 2.67. The number of aryl methyl sites for hydroxylation is 1. The smallest absolute Gasteiger partial charge is 0.192 e. The molecule has 0 amide bonds. The third-order valence-corrected chi connectivity index (χ3v) is 2.51. The van der Waals surface area contributed by atoms with E-state index in [-0.39, 0.29) is 0 Å². The van der Waals surface area contributed by atoms with Crippen LogP contribution in [0.3, 0.4) is 0 Å². The summed E-state index contributed by atoms with van der Waals surface area (Å²) in [7, 11) is 2.01. The van der Waals surface area contributed by atoms with Gasteiger partial charge in [-0.1, -0.05) is 0 Å². The fourth-order valence-corrected chi connectivity index (χ4v) is 1.78. The number of nitrogens with zero attached hydrogens (tertiary/aromatic N) is 2. The lowest BCUT2D eigenvalue weighted by Crippen LogP contribution is -2.19. The Balaban J connectivity index is 2.37. The largest absolute Gasteiger partial charge is 0.441 e. The molecule has 0 aliphatic rings. The first-order valence-corrected chi connectivity index (χ1v) is 5.38. The molecule has 0 N–H and O–H groups in total. The van der Waals surface area contributed by atoms with Crippen LogP contribution in [-0.4, -0.2) is 24.5 Å². The molecule has 15 heavy (non-hydrogen) atoms. The van der Waals surface area contributed by atoms with Crippen LogP contribution in [0.4, 0.5) is 5.69 Å². The van der Waals surface area contributed by atoms with Crippen molar-refractivity contribution in [3.8, 4) is 0 Å². The van der Waals surface area contributed by atoms with Crippen molar-refractivity contribution in [1.82, 2.24) is 4.98 Å². The van der Waals surface area contributed by atoms with Crippen LogP contribution < -0.4 is 4.90 Å². The summed E-state index contributed by atoms with van der Waals surface area (Å²) in [5.41, 5.74) is 2.83. The highest BCUT2D eigenvalue weighted by Gasteiger charge is 2.05. The Hall–Kier alpha value is -1.22. The number of anilines is 1. The Morgan fingerprint density at radius 3 is 3.00 bits per heavy atom. The predicted octanol–water partition coefficient (Wildman–Crippen LogP) is 2.81. The number of benzene rings is 1. The molecule has 0 radical (unpaired) electrons. The van der Waals surface area contributed by atoms with Crippen molar-refractivity contribution in [2.45, 2.75) is 6.92 Å². The number of halogens is 1. The van der Waals surface area contributed by atoms with Gasteiger partial charge in [-0.15, -0.1) is 11.6 Å². The van der Waals surface area contributed by atoms with Gasteiger partial charge in [-0.2, -0.15) is 0 Å². The van der Waals surface area contributed by atoms with Crippen LogP contribution >= 0.6 is 11.6 Å². The Morgan fingerprint density at radius 1 is 1.47 bits per heavy atom. The molecule has 0 saturated carbocycles. The summed E-state index contributed by atoms with van der Waals surface area (Å²) in [4.78, 5) is 6.38. The number of oxazole rings is 1. The quantitative estimate of drug-likeness (QED) is 0.751. The third-order valence-electron chi connectivity index (χ3n) is 2.34. The van der Waals surface area contributed by atoms with Crippen LogP contribution in [0.5, 0.6) is 0 Å².